The zero-order chi connectivity index (χ0) is 22.5. The number of rotatable bonds is 12. The Kier molecular flexibility index (Phi) is 10.5. The number of amides is 2. The lowest BCUT2D eigenvalue weighted by Gasteiger charge is -2.21. The monoisotopic (exact) mass is 422 g/mol. The minimum absolute atomic E-state index is 0.223. The van der Waals surface area contributed by atoms with E-state index in [2.05, 4.69) is 36.1 Å². The average Bonchev–Trinajstić information content (AvgIpc) is 2.79. The van der Waals surface area contributed by atoms with Gasteiger partial charge in [0.05, 0.1) is 7.11 Å². The van der Waals surface area contributed by atoms with Gasteiger partial charge in [0.1, 0.15) is 5.75 Å². The zero-order valence-electron chi connectivity index (χ0n) is 18.9. The Morgan fingerprint density at radius 1 is 0.968 bits per heavy atom. The van der Waals surface area contributed by atoms with Crippen molar-refractivity contribution < 1.29 is 14.3 Å². The molecule has 2 aromatic carbocycles. The Labute approximate surface area is 186 Å². The second kappa shape index (κ2) is 13.4. The van der Waals surface area contributed by atoms with E-state index >= 15 is 0 Å². The molecule has 0 N–H and O–H groups in total. The van der Waals surface area contributed by atoms with Crippen LogP contribution in [0.2, 0.25) is 0 Å². The molecule has 2 amide bonds. The van der Waals surface area contributed by atoms with E-state index < -0.39 is 0 Å². The third kappa shape index (κ3) is 8.77. The number of imide groups is 1. The normalized spacial score (nSPS) is 11.1. The third-order valence-corrected chi connectivity index (χ3v) is 5.21. The number of ether oxygens (including phenoxy) is 1. The molecule has 5 nitrogen and oxygen atoms in total. The van der Waals surface area contributed by atoms with Crippen molar-refractivity contribution in [2.75, 3.05) is 26.7 Å². The van der Waals surface area contributed by atoms with E-state index in [0.717, 1.165) is 50.2 Å². The van der Waals surface area contributed by atoms with Crippen LogP contribution < -0.4 is 4.74 Å². The second-order valence-corrected chi connectivity index (χ2v) is 7.53. The van der Waals surface area contributed by atoms with E-state index in [0.29, 0.717) is 6.54 Å². The van der Waals surface area contributed by atoms with Gasteiger partial charge in [-0.15, -0.1) is 0 Å². The molecular formula is C26H34N2O3. The molecule has 0 saturated heterocycles. The maximum Gasteiger partial charge on any atom is 0.253 e. The number of benzene rings is 2. The predicted octanol–water partition coefficient (Wildman–Crippen LogP) is 4.78. The molecule has 166 valence electrons. The van der Waals surface area contributed by atoms with Gasteiger partial charge in [-0.05, 0) is 55.3 Å². The first-order valence-electron chi connectivity index (χ1n) is 10.9. The van der Waals surface area contributed by atoms with Gasteiger partial charge in [0.2, 0.25) is 5.91 Å². The number of hydrogen-bond acceptors (Lipinski definition) is 4. The smallest absolute Gasteiger partial charge is 0.253 e. The quantitative estimate of drug-likeness (QED) is 0.365. The molecule has 0 radical (unpaired) electrons. The summed E-state index contributed by atoms with van der Waals surface area (Å²) >= 11 is 0. The van der Waals surface area contributed by atoms with Crippen LogP contribution in [0.15, 0.2) is 60.7 Å². The van der Waals surface area contributed by atoms with Crippen molar-refractivity contribution in [3.63, 3.8) is 0 Å². The molecule has 0 spiro atoms. The summed E-state index contributed by atoms with van der Waals surface area (Å²) in [4.78, 5) is 28.2. The maximum absolute atomic E-state index is 12.5. The maximum atomic E-state index is 12.5. The second-order valence-electron chi connectivity index (χ2n) is 7.53. The SMILES string of the molecule is CCN(CCCCCN(C(C)=O)C(=O)/C=C/c1cccc(OC)c1)Cc1ccccc1. The van der Waals surface area contributed by atoms with Gasteiger partial charge in [0.15, 0.2) is 0 Å². The van der Waals surface area contributed by atoms with Crippen molar-refractivity contribution in [2.45, 2.75) is 39.7 Å². The Morgan fingerprint density at radius 3 is 2.39 bits per heavy atom. The lowest BCUT2D eigenvalue weighted by molar-refractivity contribution is -0.140. The number of carbonyl (C=O) groups excluding carboxylic acids is 2. The fraction of sp³-hybridized carbons (Fsp3) is 0.385. The van der Waals surface area contributed by atoms with Crippen molar-refractivity contribution in [2.24, 2.45) is 0 Å². The van der Waals surface area contributed by atoms with Crippen molar-refractivity contribution in [3.8, 4) is 5.75 Å². The molecule has 5 heteroatoms. The molecular weight excluding hydrogens is 388 g/mol. The summed E-state index contributed by atoms with van der Waals surface area (Å²) in [6.45, 7) is 7.02. The summed E-state index contributed by atoms with van der Waals surface area (Å²) in [6, 6.07) is 17.9. The van der Waals surface area contributed by atoms with Crippen LogP contribution in [-0.2, 0) is 16.1 Å². The van der Waals surface area contributed by atoms with Gasteiger partial charge in [-0.25, -0.2) is 0 Å². The van der Waals surface area contributed by atoms with Gasteiger partial charge in [0.25, 0.3) is 5.91 Å². The summed E-state index contributed by atoms with van der Waals surface area (Å²) in [6.07, 6.45) is 5.99. The van der Waals surface area contributed by atoms with Gasteiger partial charge in [-0.1, -0.05) is 55.8 Å². The molecule has 2 aromatic rings. The Hall–Kier alpha value is -2.92. The summed E-state index contributed by atoms with van der Waals surface area (Å²) in [5, 5.41) is 0. The van der Waals surface area contributed by atoms with E-state index in [1.54, 1.807) is 13.2 Å². The van der Waals surface area contributed by atoms with Gasteiger partial charge in [-0.3, -0.25) is 19.4 Å². The highest BCUT2D eigenvalue weighted by Gasteiger charge is 2.15. The van der Waals surface area contributed by atoms with Crippen LogP contribution >= 0.6 is 0 Å². The molecule has 0 bridgehead atoms. The molecule has 0 heterocycles. The predicted molar refractivity (Wildman–Crippen MR) is 126 cm³/mol. The Balaban J connectivity index is 1.77. The van der Waals surface area contributed by atoms with Crippen molar-refractivity contribution in [1.29, 1.82) is 0 Å². The number of carbonyl (C=O) groups is 2. The number of methoxy groups -OCH3 is 1. The highest BCUT2D eigenvalue weighted by molar-refractivity contribution is 6.02. The molecule has 0 saturated carbocycles. The number of hydrogen-bond donors (Lipinski definition) is 0. The van der Waals surface area contributed by atoms with E-state index in [9.17, 15) is 9.59 Å². The van der Waals surface area contributed by atoms with Crippen molar-refractivity contribution >= 4 is 17.9 Å². The van der Waals surface area contributed by atoms with Gasteiger partial charge >= 0.3 is 0 Å². The molecule has 0 fully saturated rings. The Morgan fingerprint density at radius 2 is 1.71 bits per heavy atom. The lowest BCUT2D eigenvalue weighted by atomic mass is 10.1. The van der Waals surface area contributed by atoms with Crippen LogP contribution in [0.3, 0.4) is 0 Å². The molecule has 0 aromatic heterocycles. The van der Waals surface area contributed by atoms with Gasteiger partial charge < -0.3 is 4.74 Å². The first kappa shape index (κ1) is 24.4. The van der Waals surface area contributed by atoms with Crippen LogP contribution in [-0.4, -0.2) is 48.4 Å². The van der Waals surface area contributed by atoms with Gasteiger partial charge in [-0.2, -0.15) is 0 Å². The average molecular weight is 423 g/mol. The van der Waals surface area contributed by atoms with E-state index in [-0.39, 0.29) is 11.8 Å². The first-order chi connectivity index (χ1) is 15.0. The van der Waals surface area contributed by atoms with E-state index in [1.807, 2.05) is 30.3 Å². The highest BCUT2D eigenvalue weighted by atomic mass is 16.5. The minimum atomic E-state index is -0.283. The van der Waals surface area contributed by atoms with Gasteiger partial charge in [0, 0.05) is 26.1 Å². The molecule has 0 aliphatic rings. The van der Waals surface area contributed by atoms with Crippen molar-refractivity contribution in [1.82, 2.24) is 9.80 Å². The van der Waals surface area contributed by atoms with Crippen LogP contribution in [0.1, 0.15) is 44.2 Å². The molecule has 0 aliphatic heterocycles. The fourth-order valence-corrected chi connectivity index (χ4v) is 3.40. The number of unbranched alkanes of at least 4 members (excludes halogenated alkanes) is 2. The standard InChI is InChI=1S/C26H34N2O3/c1-4-27(21-24-12-7-5-8-13-24)18-9-6-10-19-28(22(2)29)26(30)17-16-23-14-11-15-25(20-23)31-3/h5,7-8,11-17,20H,4,6,9-10,18-19,21H2,1-3H3/b17-16+. The minimum Gasteiger partial charge on any atom is -0.497 e. The van der Waals surface area contributed by atoms with Crippen LogP contribution in [0.25, 0.3) is 6.08 Å². The lowest BCUT2D eigenvalue weighted by Crippen LogP contribution is -2.34. The molecule has 0 aliphatic carbocycles. The van der Waals surface area contributed by atoms with Crippen LogP contribution in [0, 0.1) is 0 Å². The topological polar surface area (TPSA) is 49.9 Å². The number of nitrogens with zero attached hydrogens (tertiary/aromatic N) is 2. The van der Waals surface area contributed by atoms with Crippen LogP contribution in [0.5, 0.6) is 5.75 Å². The Bertz CT molecular complexity index is 849. The molecule has 31 heavy (non-hydrogen) atoms. The fourth-order valence-electron chi connectivity index (χ4n) is 3.40. The molecule has 0 atom stereocenters. The third-order valence-electron chi connectivity index (χ3n) is 5.21. The summed E-state index contributed by atoms with van der Waals surface area (Å²) in [5.74, 6) is 0.223. The summed E-state index contributed by atoms with van der Waals surface area (Å²) in [5.41, 5.74) is 2.18. The first-order valence-corrected chi connectivity index (χ1v) is 10.9. The van der Waals surface area contributed by atoms with E-state index in [1.165, 1.54) is 23.5 Å². The summed E-state index contributed by atoms with van der Waals surface area (Å²) < 4.78 is 5.19. The molecule has 2 rings (SSSR count). The largest absolute Gasteiger partial charge is 0.497 e. The highest BCUT2D eigenvalue weighted by Crippen LogP contribution is 2.14. The van der Waals surface area contributed by atoms with E-state index in [4.69, 9.17) is 4.74 Å². The van der Waals surface area contributed by atoms with Crippen LogP contribution in [0.4, 0.5) is 0 Å². The molecule has 0 unspecified atom stereocenters. The van der Waals surface area contributed by atoms with Crippen molar-refractivity contribution in [3.05, 3.63) is 71.8 Å². The summed E-state index contributed by atoms with van der Waals surface area (Å²) in [7, 11) is 1.60. The zero-order valence-corrected chi connectivity index (χ0v) is 18.9.